The van der Waals surface area contributed by atoms with Gasteiger partial charge in [-0.25, -0.2) is 0 Å². The SMILES string of the molecule is CCCCCNCC(C)N(C)C(C)c1ccccc1Cl. The maximum atomic E-state index is 6.29. The lowest BCUT2D eigenvalue weighted by Crippen LogP contribution is -2.39. The fourth-order valence-corrected chi connectivity index (χ4v) is 2.66. The number of hydrogen-bond donors (Lipinski definition) is 1. The zero-order valence-electron chi connectivity index (χ0n) is 13.3. The lowest BCUT2D eigenvalue weighted by atomic mass is 10.1. The van der Waals surface area contributed by atoms with Crippen molar-refractivity contribution in [3.05, 3.63) is 34.9 Å². The van der Waals surface area contributed by atoms with Gasteiger partial charge in [0.05, 0.1) is 0 Å². The third kappa shape index (κ3) is 5.43. The first-order chi connectivity index (χ1) is 9.57. The van der Waals surface area contributed by atoms with Crippen molar-refractivity contribution in [1.29, 1.82) is 0 Å². The van der Waals surface area contributed by atoms with E-state index in [0.717, 1.165) is 18.1 Å². The van der Waals surface area contributed by atoms with Crippen LogP contribution in [0.3, 0.4) is 0 Å². The zero-order chi connectivity index (χ0) is 15.0. The van der Waals surface area contributed by atoms with Gasteiger partial charge in [0, 0.05) is 23.7 Å². The summed E-state index contributed by atoms with van der Waals surface area (Å²) in [6, 6.07) is 8.94. The number of likely N-dealkylation sites (N-methyl/N-ethyl adjacent to an activating group) is 1. The molecule has 0 aliphatic carbocycles. The molecule has 0 saturated carbocycles. The average Bonchev–Trinajstić information content (AvgIpc) is 2.46. The molecule has 114 valence electrons. The molecule has 0 heterocycles. The Balaban J connectivity index is 2.43. The van der Waals surface area contributed by atoms with Crippen molar-refractivity contribution in [2.45, 2.75) is 52.1 Å². The first-order valence-corrected chi connectivity index (χ1v) is 8.12. The van der Waals surface area contributed by atoms with Crippen molar-refractivity contribution in [2.75, 3.05) is 20.1 Å². The summed E-state index contributed by atoms with van der Waals surface area (Å²) in [6.45, 7) is 8.86. The van der Waals surface area contributed by atoms with Crippen LogP contribution in [0, 0.1) is 0 Å². The molecule has 0 amide bonds. The van der Waals surface area contributed by atoms with Gasteiger partial charge >= 0.3 is 0 Å². The van der Waals surface area contributed by atoms with Crippen LogP contribution in [0.4, 0.5) is 0 Å². The molecular weight excluding hydrogens is 268 g/mol. The molecule has 1 aromatic carbocycles. The predicted octanol–water partition coefficient (Wildman–Crippen LogP) is 4.50. The molecule has 3 heteroatoms. The highest BCUT2D eigenvalue weighted by atomic mass is 35.5. The van der Waals surface area contributed by atoms with E-state index in [4.69, 9.17) is 11.6 Å². The maximum Gasteiger partial charge on any atom is 0.0453 e. The Kier molecular flexibility index (Phi) is 8.20. The molecule has 2 unspecified atom stereocenters. The van der Waals surface area contributed by atoms with Gasteiger partial charge in [0.1, 0.15) is 0 Å². The smallest absolute Gasteiger partial charge is 0.0453 e. The van der Waals surface area contributed by atoms with Crippen molar-refractivity contribution >= 4 is 11.6 Å². The van der Waals surface area contributed by atoms with Crippen molar-refractivity contribution in [3.63, 3.8) is 0 Å². The zero-order valence-corrected chi connectivity index (χ0v) is 14.1. The second kappa shape index (κ2) is 9.38. The van der Waals surface area contributed by atoms with Crippen LogP contribution < -0.4 is 5.32 Å². The number of benzene rings is 1. The summed E-state index contributed by atoms with van der Waals surface area (Å²) in [7, 11) is 2.17. The highest BCUT2D eigenvalue weighted by molar-refractivity contribution is 6.31. The van der Waals surface area contributed by atoms with E-state index in [-0.39, 0.29) is 0 Å². The Labute approximate surface area is 129 Å². The van der Waals surface area contributed by atoms with E-state index >= 15 is 0 Å². The van der Waals surface area contributed by atoms with E-state index in [1.807, 2.05) is 12.1 Å². The van der Waals surface area contributed by atoms with Gasteiger partial charge in [-0.3, -0.25) is 4.90 Å². The lowest BCUT2D eigenvalue weighted by molar-refractivity contribution is 0.193. The standard InChI is InChI=1S/C17H29ClN2/c1-5-6-9-12-19-13-14(2)20(4)15(3)16-10-7-8-11-17(16)18/h7-8,10-11,14-15,19H,5-6,9,12-13H2,1-4H3. The van der Waals surface area contributed by atoms with Crippen LogP contribution in [0.5, 0.6) is 0 Å². The van der Waals surface area contributed by atoms with Crippen molar-refractivity contribution in [3.8, 4) is 0 Å². The van der Waals surface area contributed by atoms with Gasteiger partial charge in [0.25, 0.3) is 0 Å². The summed E-state index contributed by atoms with van der Waals surface area (Å²) in [5.74, 6) is 0. The van der Waals surface area contributed by atoms with E-state index in [9.17, 15) is 0 Å². The lowest BCUT2D eigenvalue weighted by Gasteiger charge is -2.31. The van der Waals surface area contributed by atoms with Crippen LogP contribution in [0.1, 0.15) is 51.6 Å². The minimum atomic E-state index is 0.330. The molecule has 0 fully saturated rings. The molecule has 2 nitrogen and oxygen atoms in total. The Morgan fingerprint density at radius 1 is 1.20 bits per heavy atom. The van der Waals surface area contributed by atoms with Crippen LogP contribution >= 0.6 is 11.6 Å². The second-order valence-electron chi connectivity index (χ2n) is 5.62. The summed E-state index contributed by atoms with van der Waals surface area (Å²) >= 11 is 6.29. The minimum absolute atomic E-state index is 0.330. The molecule has 0 saturated heterocycles. The first kappa shape index (κ1) is 17.5. The summed E-state index contributed by atoms with van der Waals surface area (Å²) in [4.78, 5) is 2.38. The monoisotopic (exact) mass is 296 g/mol. The molecule has 0 aliphatic rings. The van der Waals surface area contributed by atoms with Crippen molar-refractivity contribution in [2.24, 2.45) is 0 Å². The van der Waals surface area contributed by atoms with Gasteiger partial charge in [-0.15, -0.1) is 0 Å². The quantitative estimate of drug-likeness (QED) is 0.675. The Bertz CT molecular complexity index is 381. The Morgan fingerprint density at radius 2 is 1.90 bits per heavy atom. The largest absolute Gasteiger partial charge is 0.315 e. The molecule has 0 radical (unpaired) electrons. The summed E-state index contributed by atoms with van der Waals surface area (Å²) < 4.78 is 0. The van der Waals surface area contributed by atoms with Crippen molar-refractivity contribution in [1.82, 2.24) is 10.2 Å². The number of rotatable bonds is 9. The molecule has 20 heavy (non-hydrogen) atoms. The summed E-state index contributed by atoms with van der Waals surface area (Å²) in [5.41, 5.74) is 1.20. The van der Waals surface area contributed by atoms with E-state index in [0.29, 0.717) is 12.1 Å². The number of halogens is 1. The van der Waals surface area contributed by atoms with Crippen molar-refractivity contribution < 1.29 is 0 Å². The molecule has 2 atom stereocenters. The van der Waals surface area contributed by atoms with Gasteiger partial charge in [-0.2, -0.15) is 0 Å². The molecule has 1 aromatic rings. The fourth-order valence-electron chi connectivity index (χ4n) is 2.37. The molecule has 0 aliphatic heterocycles. The predicted molar refractivity (Wildman–Crippen MR) is 89.5 cm³/mol. The Hall–Kier alpha value is -0.570. The molecule has 1 N–H and O–H groups in total. The number of unbranched alkanes of at least 4 members (excludes halogenated alkanes) is 2. The minimum Gasteiger partial charge on any atom is -0.315 e. The third-order valence-electron chi connectivity index (χ3n) is 4.06. The van der Waals surface area contributed by atoms with Gasteiger partial charge in [0.2, 0.25) is 0 Å². The van der Waals surface area contributed by atoms with Crippen LogP contribution in [-0.2, 0) is 0 Å². The van der Waals surface area contributed by atoms with E-state index in [1.54, 1.807) is 0 Å². The number of nitrogens with zero attached hydrogens (tertiary/aromatic N) is 1. The highest BCUT2D eigenvalue weighted by Crippen LogP contribution is 2.27. The van der Waals surface area contributed by atoms with Crippen LogP contribution in [0.15, 0.2) is 24.3 Å². The van der Waals surface area contributed by atoms with Crippen LogP contribution in [0.25, 0.3) is 0 Å². The van der Waals surface area contributed by atoms with Gasteiger partial charge in [-0.1, -0.05) is 49.6 Å². The maximum absolute atomic E-state index is 6.29. The normalized spacial score (nSPS) is 14.5. The van der Waals surface area contributed by atoms with E-state index in [1.165, 1.54) is 24.8 Å². The third-order valence-corrected chi connectivity index (χ3v) is 4.40. The topological polar surface area (TPSA) is 15.3 Å². The van der Waals surface area contributed by atoms with Crippen LogP contribution in [-0.4, -0.2) is 31.1 Å². The second-order valence-corrected chi connectivity index (χ2v) is 6.03. The molecule has 0 spiro atoms. The first-order valence-electron chi connectivity index (χ1n) is 7.75. The molecule has 0 aromatic heterocycles. The Morgan fingerprint density at radius 3 is 2.55 bits per heavy atom. The van der Waals surface area contributed by atoms with Gasteiger partial charge < -0.3 is 5.32 Å². The summed E-state index contributed by atoms with van der Waals surface area (Å²) in [6.07, 6.45) is 3.86. The molecular formula is C17H29ClN2. The number of hydrogen-bond acceptors (Lipinski definition) is 2. The average molecular weight is 297 g/mol. The molecule has 1 rings (SSSR count). The highest BCUT2D eigenvalue weighted by Gasteiger charge is 2.18. The van der Waals surface area contributed by atoms with Gasteiger partial charge in [0.15, 0.2) is 0 Å². The van der Waals surface area contributed by atoms with E-state index < -0.39 is 0 Å². The molecule has 0 bridgehead atoms. The number of nitrogens with one attached hydrogen (secondary N) is 1. The summed E-state index contributed by atoms with van der Waals surface area (Å²) in [5, 5.41) is 4.40. The fraction of sp³-hybridized carbons (Fsp3) is 0.647. The van der Waals surface area contributed by atoms with Crippen LogP contribution in [0.2, 0.25) is 5.02 Å². The van der Waals surface area contributed by atoms with E-state index in [2.05, 4.69) is 50.2 Å². The van der Waals surface area contributed by atoms with Gasteiger partial charge in [-0.05, 0) is 45.5 Å².